The summed E-state index contributed by atoms with van der Waals surface area (Å²) in [7, 11) is -3.15. The first-order valence-electron chi connectivity index (χ1n) is 11.2. The summed E-state index contributed by atoms with van der Waals surface area (Å²) in [5, 5.41) is 0. The molecule has 2 fully saturated rings. The minimum absolute atomic E-state index is 0.0120. The van der Waals surface area contributed by atoms with Gasteiger partial charge in [-0.15, -0.1) is 0 Å². The third-order valence-corrected chi connectivity index (χ3v) is 8.20. The van der Waals surface area contributed by atoms with Crippen LogP contribution >= 0.6 is 0 Å². The molecule has 0 spiro atoms. The van der Waals surface area contributed by atoms with Gasteiger partial charge in [-0.3, -0.25) is 19.4 Å². The second kappa shape index (κ2) is 9.54. The normalized spacial score (nSPS) is 23.3. The molecule has 2 heterocycles. The molecule has 32 heavy (non-hydrogen) atoms. The minimum atomic E-state index is -3.15. The Morgan fingerprint density at radius 3 is 2.41 bits per heavy atom. The van der Waals surface area contributed by atoms with Gasteiger partial charge in [-0.05, 0) is 44.1 Å². The summed E-state index contributed by atoms with van der Waals surface area (Å²) in [5.74, 6) is -1.57. The molecule has 9 heteroatoms. The molecule has 8 nitrogen and oxygen atoms in total. The maximum atomic E-state index is 13.0. The number of imide groups is 2. The first-order valence-corrected chi connectivity index (χ1v) is 13.0. The summed E-state index contributed by atoms with van der Waals surface area (Å²) in [5.41, 5.74) is 2.17. The van der Waals surface area contributed by atoms with Gasteiger partial charge in [0.1, 0.15) is 0 Å². The molecular weight excluding hydrogens is 430 g/mol. The van der Waals surface area contributed by atoms with E-state index in [9.17, 15) is 22.8 Å². The van der Waals surface area contributed by atoms with Gasteiger partial charge in [0, 0.05) is 19.1 Å². The number of benzene rings is 1. The maximum absolute atomic E-state index is 13.0. The lowest BCUT2D eigenvalue weighted by molar-refractivity contribution is -0.144. The molecule has 4 rings (SSSR count). The lowest BCUT2D eigenvalue weighted by atomic mass is 9.97. The number of urea groups is 1. The fraction of sp³-hybridized carbons (Fsp3) is 0.522. The van der Waals surface area contributed by atoms with Crippen molar-refractivity contribution < 1.29 is 22.8 Å². The van der Waals surface area contributed by atoms with Gasteiger partial charge in [0.25, 0.3) is 0 Å². The molecule has 0 aromatic heterocycles. The van der Waals surface area contributed by atoms with Crippen LogP contribution in [0.15, 0.2) is 42.0 Å². The van der Waals surface area contributed by atoms with Crippen LogP contribution in [0.3, 0.4) is 0 Å². The van der Waals surface area contributed by atoms with Crippen molar-refractivity contribution in [1.82, 2.24) is 14.7 Å². The van der Waals surface area contributed by atoms with Crippen molar-refractivity contribution in [3.63, 3.8) is 0 Å². The van der Waals surface area contributed by atoms with Crippen molar-refractivity contribution in [2.75, 3.05) is 24.7 Å². The third-order valence-electron chi connectivity index (χ3n) is 6.45. The first-order chi connectivity index (χ1) is 15.3. The zero-order chi connectivity index (χ0) is 22.7. The first kappa shape index (κ1) is 22.7. The molecule has 2 aliphatic heterocycles. The molecule has 1 atom stereocenters. The van der Waals surface area contributed by atoms with E-state index in [2.05, 4.69) is 6.08 Å². The summed E-state index contributed by atoms with van der Waals surface area (Å²) < 4.78 is 24.1. The number of carbonyl (C=O) groups excluding carboxylic acids is 3. The Morgan fingerprint density at radius 2 is 1.75 bits per heavy atom. The zero-order valence-electron chi connectivity index (χ0n) is 18.1. The van der Waals surface area contributed by atoms with E-state index in [0.717, 1.165) is 41.0 Å². The molecule has 4 amide bonds. The molecule has 1 aromatic carbocycles. The smallest absolute Gasteiger partial charge is 0.277 e. The summed E-state index contributed by atoms with van der Waals surface area (Å²) in [6.07, 6.45) is 7.44. The molecule has 0 radical (unpaired) electrons. The van der Waals surface area contributed by atoms with Gasteiger partial charge in [-0.1, -0.05) is 42.0 Å². The van der Waals surface area contributed by atoms with E-state index >= 15 is 0 Å². The van der Waals surface area contributed by atoms with Crippen molar-refractivity contribution in [2.24, 2.45) is 0 Å². The van der Waals surface area contributed by atoms with Crippen LogP contribution in [0.1, 0.15) is 44.1 Å². The number of nitrogens with zero attached hydrogens (tertiary/aromatic N) is 3. The van der Waals surface area contributed by atoms with E-state index in [1.165, 1.54) is 5.57 Å². The fourth-order valence-corrected chi connectivity index (χ4v) is 6.38. The molecular formula is C23H29N3O5S. The topological polar surface area (TPSA) is 95.1 Å². The van der Waals surface area contributed by atoms with Gasteiger partial charge >= 0.3 is 17.8 Å². The van der Waals surface area contributed by atoms with Crippen LogP contribution in [0, 0.1) is 0 Å². The summed E-state index contributed by atoms with van der Waals surface area (Å²) in [4.78, 5) is 42.0. The molecule has 172 valence electrons. The molecule has 2 saturated heterocycles. The standard InChI is InChI=1S/C23H29N3O5S/c27-21-22(28)26(23(29)25(21)13-11-18-7-3-1-4-8-18)17-24(15-19-9-5-2-6-10-19)20-12-14-32(30,31)16-20/h2,5-7,9-10,20H,1,3-4,8,11-17H2. The SMILES string of the molecule is O=C1C(=O)N(CN(Cc2ccccc2)C2CCS(=O)(=O)C2)C(=O)N1CCC1=CCCCC1. The van der Waals surface area contributed by atoms with Crippen molar-refractivity contribution in [1.29, 1.82) is 0 Å². The molecule has 0 saturated carbocycles. The summed E-state index contributed by atoms with van der Waals surface area (Å²) in [6, 6.07) is 8.57. The van der Waals surface area contributed by atoms with Crippen LogP contribution in [0.5, 0.6) is 0 Å². The van der Waals surface area contributed by atoms with E-state index in [1.807, 2.05) is 35.2 Å². The van der Waals surface area contributed by atoms with Crippen LogP contribution in [0.4, 0.5) is 4.79 Å². The van der Waals surface area contributed by atoms with Crippen LogP contribution < -0.4 is 0 Å². The second-order valence-electron chi connectivity index (χ2n) is 8.76. The highest BCUT2D eigenvalue weighted by Crippen LogP contribution is 2.24. The zero-order valence-corrected chi connectivity index (χ0v) is 18.9. The van der Waals surface area contributed by atoms with Gasteiger partial charge in [0.15, 0.2) is 9.84 Å². The Balaban J connectivity index is 1.48. The lowest BCUT2D eigenvalue weighted by Gasteiger charge is -2.31. The average molecular weight is 460 g/mol. The number of rotatable bonds is 8. The van der Waals surface area contributed by atoms with E-state index in [1.54, 1.807) is 0 Å². The van der Waals surface area contributed by atoms with Gasteiger partial charge < -0.3 is 0 Å². The molecule has 1 aromatic rings. The number of hydrogen-bond acceptors (Lipinski definition) is 6. The number of carbonyl (C=O) groups is 3. The maximum Gasteiger partial charge on any atom is 0.335 e. The largest absolute Gasteiger partial charge is 0.335 e. The summed E-state index contributed by atoms with van der Waals surface area (Å²) >= 11 is 0. The van der Waals surface area contributed by atoms with E-state index in [-0.39, 0.29) is 30.8 Å². The fourth-order valence-electron chi connectivity index (χ4n) is 4.62. The average Bonchev–Trinajstić information content (AvgIpc) is 3.25. The van der Waals surface area contributed by atoms with E-state index < -0.39 is 27.7 Å². The van der Waals surface area contributed by atoms with E-state index in [0.29, 0.717) is 19.4 Å². The van der Waals surface area contributed by atoms with Crippen molar-refractivity contribution in [3.8, 4) is 0 Å². The minimum Gasteiger partial charge on any atom is -0.277 e. The van der Waals surface area contributed by atoms with Gasteiger partial charge in [-0.25, -0.2) is 18.1 Å². The molecule has 3 aliphatic rings. The Bertz CT molecular complexity index is 1020. The van der Waals surface area contributed by atoms with Crippen LogP contribution in [-0.4, -0.2) is 71.7 Å². The second-order valence-corrected chi connectivity index (χ2v) is 11.0. The van der Waals surface area contributed by atoms with Crippen LogP contribution in [0.25, 0.3) is 0 Å². The Labute approximate surface area is 188 Å². The van der Waals surface area contributed by atoms with Crippen LogP contribution in [0.2, 0.25) is 0 Å². The van der Waals surface area contributed by atoms with Gasteiger partial charge in [-0.2, -0.15) is 0 Å². The molecule has 1 unspecified atom stereocenters. The predicted octanol–water partition coefficient (Wildman–Crippen LogP) is 2.31. The lowest BCUT2D eigenvalue weighted by Crippen LogP contribution is -2.46. The predicted molar refractivity (Wildman–Crippen MR) is 119 cm³/mol. The van der Waals surface area contributed by atoms with Crippen molar-refractivity contribution in [2.45, 2.75) is 51.1 Å². The van der Waals surface area contributed by atoms with Crippen molar-refractivity contribution in [3.05, 3.63) is 47.5 Å². The van der Waals surface area contributed by atoms with Crippen LogP contribution in [-0.2, 0) is 26.0 Å². The molecule has 1 aliphatic carbocycles. The molecule has 0 bridgehead atoms. The Morgan fingerprint density at radius 1 is 1.00 bits per heavy atom. The highest BCUT2D eigenvalue weighted by Gasteiger charge is 2.46. The Hall–Kier alpha value is -2.52. The molecule has 0 N–H and O–H groups in total. The highest BCUT2D eigenvalue weighted by molar-refractivity contribution is 7.91. The number of hydrogen-bond donors (Lipinski definition) is 0. The highest BCUT2D eigenvalue weighted by atomic mass is 32.2. The monoisotopic (exact) mass is 459 g/mol. The third kappa shape index (κ3) is 5.10. The Kier molecular flexibility index (Phi) is 6.76. The number of sulfone groups is 1. The summed E-state index contributed by atoms with van der Waals surface area (Å²) in [6.45, 7) is 0.485. The number of amides is 4. The van der Waals surface area contributed by atoms with Gasteiger partial charge in [0.05, 0.1) is 18.2 Å². The van der Waals surface area contributed by atoms with E-state index in [4.69, 9.17) is 0 Å². The quantitative estimate of drug-likeness (QED) is 0.336. The number of allylic oxidation sites excluding steroid dienone is 1. The van der Waals surface area contributed by atoms with Gasteiger partial charge in [0.2, 0.25) is 0 Å². The van der Waals surface area contributed by atoms with Crippen molar-refractivity contribution >= 4 is 27.7 Å².